The fourth-order valence-electron chi connectivity index (χ4n) is 5.71. The molecular weight excluding hydrogens is 670 g/mol. The Hall–Kier alpha value is -5.61. The molecule has 3 heterocycles. The first kappa shape index (κ1) is 34.3. The summed E-state index contributed by atoms with van der Waals surface area (Å²) < 4.78 is 63.6. The molecule has 5 aromatic rings. The molecule has 0 unspecified atom stereocenters. The number of hydrogen-bond donors (Lipinski definition) is 3. The van der Waals surface area contributed by atoms with E-state index in [1.165, 1.54) is 44.6 Å². The molecule has 50 heavy (non-hydrogen) atoms. The summed E-state index contributed by atoms with van der Waals surface area (Å²) in [4.78, 5) is 38.3. The van der Waals surface area contributed by atoms with E-state index in [0.717, 1.165) is 21.2 Å². The number of carbonyl (C=O) groups excluding carboxylic acids is 2. The molecule has 0 radical (unpaired) electrons. The highest BCUT2D eigenvalue weighted by Crippen LogP contribution is 2.39. The highest BCUT2D eigenvalue weighted by atomic mass is 32.2. The quantitative estimate of drug-likeness (QED) is 0.189. The molecule has 260 valence electrons. The van der Waals surface area contributed by atoms with E-state index in [-0.39, 0.29) is 45.8 Å². The largest absolute Gasteiger partial charge is 0.495 e. The lowest BCUT2D eigenvalue weighted by Crippen LogP contribution is -2.36. The van der Waals surface area contributed by atoms with Crippen molar-refractivity contribution in [1.29, 1.82) is 0 Å². The Morgan fingerprint density at radius 1 is 1.00 bits per heavy atom. The fourth-order valence-corrected chi connectivity index (χ4v) is 7.00. The number of aryl methyl sites for hydroxylation is 1. The molecule has 13 nitrogen and oxygen atoms in total. The minimum atomic E-state index is -4.18. The Labute approximate surface area is 286 Å². The maximum Gasteiger partial charge on any atom is 0.269 e. The molecule has 3 aromatic carbocycles. The molecule has 16 heteroatoms. The first-order valence-electron chi connectivity index (χ1n) is 15.4. The van der Waals surface area contributed by atoms with Crippen molar-refractivity contribution < 1.29 is 31.5 Å². The summed E-state index contributed by atoms with van der Waals surface area (Å²) in [6.07, 6.45) is 1.92. The van der Waals surface area contributed by atoms with Gasteiger partial charge in [0.2, 0.25) is 11.9 Å². The lowest BCUT2D eigenvalue weighted by atomic mass is 10.1. The average molecular weight is 705 g/mol. The maximum atomic E-state index is 15.0. The lowest BCUT2D eigenvalue weighted by molar-refractivity contribution is -0.119. The van der Waals surface area contributed by atoms with Gasteiger partial charge in [0, 0.05) is 25.5 Å². The summed E-state index contributed by atoms with van der Waals surface area (Å²) >= 11 is 0. The minimum Gasteiger partial charge on any atom is -0.495 e. The first-order valence-corrected chi connectivity index (χ1v) is 16.9. The summed E-state index contributed by atoms with van der Waals surface area (Å²) in [6.45, 7) is 2.52. The zero-order valence-electron chi connectivity index (χ0n) is 27.8. The van der Waals surface area contributed by atoms with Gasteiger partial charge in [-0.25, -0.2) is 21.2 Å². The third kappa shape index (κ3) is 6.30. The molecule has 1 aliphatic rings. The number of hydrogen-bond acceptors (Lipinski definition) is 10. The second-order valence-electron chi connectivity index (χ2n) is 11.9. The van der Waals surface area contributed by atoms with Gasteiger partial charge in [-0.1, -0.05) is 17.7 Å². The molecule has 0 fully saturated rings. The number of benzene rings is 3. The van der Waals surface area contributed by atoms with E-state index in [1.54, 1.807) is 34.1 Å². The van der Waals surface area contributed by atoms with Crippen LogP contribution in [-0.4, -0.2) is 80.4 Å². The molecule has 0 saturated carbocycles. The van der Waals surface area contributed by atoms with Gasteiger partial charge in [0.25, 0.3) is 15.9 Å². The van der Waals surface area contributed by atoms with Gasteiger partial charge < -0.3 is 30.5 Å². The van der Waals surface area contributed by atoms with Gasteiger partial charge in [0.15, 0.2) is 17.3 Å². The van der Waals surface area contributed by atoms with Crippen LogP contribution >= 0.6 is 0 Å². The van der Waals surface area contributed by atoms with Crippen LogP contribution in [0.25, 0.3) is 11.0 Å². The summed E-state index contributed by atoms with van der Waals surface area (Å²) in [5.41, 5.74) is 2.01. The molecule has 0 aliphatic carbocycles. The zero-order chi connectivity index (χ0) is 35.9. The van der Waals surface area contributed by atoms with Crippen LogP contribution in [0.2, 0.25) is 0 Å². The van der Waals surface area contributed by atoms with E-state index in [1.807, 2.05) is 21.0 Å². The normalized spacial score (nSPS) is 12.7. The average Bonchev–Trinajstić information content (AvgIpc) is 3.70. The molecule has 3 N–H and O–H groups in total. The Morgan fingerprint density at radius 3 is 2.42 bits per heavy atom. The SMILES string of the molecule is CNC(=O)c1c(Nc2nc(Nc3cc4c(cc3OC)CCN4C(=O)CN(C)C)nc3c2ccn3S(=O)(=O)c2ccc(C)cc2)ccc(F)c1F. The van der Waals surface area contributed by atoms with Gasteiger partial charge in [0.1, 0.15) is 17.1 Å². The number of likely N-dealkylation sites (N-methyl/N-ethyl adjacent to an activating group) is 1. The molecular formula is C34H34F2N8O5S. The van der Waals surface area contributed by atoms with Crippen LogP contribution in [0.15, 0.2) is 65.7 Å². The van der Waals surface area contributed by atoms with Crippen molar-refractivity contribution in [3.05, 3.63) is 89.1 Å². The van der Waals surface area contributed by atoms with Crippen LogP contribution < -0.4 is 25.6 Å². The van der Waals surface area contributed by atoms with Gasteiger partial charge in [-0.2, -0.15) is 9.97 Å². The summed E-state index contributed by atoms with van der Waals surface area (Å²) in [5, 5.41) is 8.48. The van der Waals surface area contributed by atoms with Crippen LogP contribution in [0.1, 0.15) is 21.5 Å². The molecule has 0 spiro atoms. The molecule has 6 rings (SSSR count). The number of halogens is 2. The van der Waals surface area contributed by atoms with Gasteiger partial charge in [0.05, 0.1) is 35.3 Å². The van der Waals surface area contributed by atoms with Crippen LogP contribution in [0.4, 0.5) is 37.6 Å². The Bertz CT molecular complexity index is 2260. The van der Waals surface area contributed by atoms with Crippen LogP contribution in [0.3, 0.4) is 0 Å². The van der Waals surface area contributed by atoms with Crippen molar-refractivity contribution in [1.82, 2.24) is 24.2 Å². The monoisotopic (exact) mass is 704 g/mol. The molecule has 0 atom stereocenters. The highest BCUT2D eigenvalue weighted by Gasteiger charge is 2.28. The van der Waals surface area contributed by atoms with Crippen molar-refractivity contribution in [2.24, 2.45) is 0 Å². The number of aromatic nitrogens is 3. The number of fused-ring (bicyclic) bond motifs is 2. The van der Waals surface area contributed by atoms with E-state index in [4.69, 9.17) is 4.74 Å². The van der Waals surface area contributed by atoms with E-state index in [9.17, 15) is 26.8 Å². The topological polar surface area (TPSA) is 151 Å². The predicted molar refractivity (Wildman–Crippen MR) is 185 cm³/mol. The third-order valence-electron chi connectivity index (χ3n) is 8.19. The number of amides is 2. The molecule has 0 bridgehead atoms. The summed E-state index contributed by atoms with van der Waals surface area (Å²) in [6, 6.07) is 13.3. The van der Waals surface area contributed by atoms with Crippen LogP contribution in [0.5, 0.6) is 5.75 Å². The summed E-state index contributed by atoms with van der Waals surface area (Å²) in [5.74, 6) is -3.32. The van der Waals surface area contributed by atoms with Gasteiger partial charge in [-0.3, -0.25) is 9.59 Å². The van der Waals surface area contributed by atoms with Gasteiger partial charge >= 0.3 is 0 Å². The standard InChI is InChI=1S/C34H34F2N8O5S/c1-19-6-8-21(9-7-19)50(47,48)44-15-13-22-31(38-24-11-10-23(35)30(36)29(24)33(46)37-2)40-34(41-32(22)44)39-25-17-26-20(16-27(25)49-5)12-14-43(26)28(45)18-42(3)4/h6-11,13,15-17H,12,14,18H2,1-5H3,(H,37,46)(H2,38,39,40,41). The predicted octanol–water partition coefficient (Wildman–Crippen LogP) is 4.56. The number of carbonyl (C=O) groups is 2. The summed E-state index contributed by atoms with van der Waals surface area (Å²) in [7, 11) is 2.19. The Kier molecular flexibility index (Phi) is 9.16. The second-order valence-corrected chi connectivity index (χ2v) is 13.7. The van der Waals surface area contributed by atoms with E-state index in [2.05, 4.69) is 25.9 Å². The molecule has 1 aliphatic heterocycles. The fraction of sp³-hybridized carbons (Fsp3) is 0.235. The smallest absolute Gasteiger partial charge is 0.269 e. The minimum absolute atomic E-state index is 0.00788. The van der Waals surface area contributed by atoms with Crippen molar-refractivity contribution in [2.75, 3.05) is 56.9 Å². The van der Waals surface area contributed by atoms with Gasteiger partial charge in [-0.05, 0) is 75.5 Å². The third-order valence-corrected chi connectivity index (χ3v) is 9.87. The number of methoxy groups -OCH3 is 1. The second kappa shape index (κ2) is 13.4. The van der Waals surface area contributed by atoms with E-state index >= 15 is 0 Å². The highest BCUT2D eigenvalue weighted by molar-refractivity contribution is 7.90. The molecule has 2 aromatic heterocycles. The number of rotatable bonds is 10. The van der Waals surface area contributed by atoms with Crippen molar-refractivity contribution >= 4 is 61.7 Å². The van der Waals surface area contributed by atoms with E-state index in [0.29, 0.717) is 30.1 Å². The lowest BCUT2D eigenvalue weighted by Gasteiger charge is -2.21. The van der Waals surface area contributed by atoms with Gasteiger partial charge in [-0.15, -0.1) is 0 Å². The van der Waals surface area contributed by atoms with Crippen molar-refractivity contribution in [3.8, 4) is 5.75 Å². The number of nitrogens with zero attached hydrogens (tertiary/aromatic N) is 5. The van der Waals surface area contributed by atoms with Crippen LogP contribution in [0, 0.1) is 18.6 Å². The molecule has 0 saturated heterocycles. The first-order chi connectivity index (χ1) is 23.8. The molecule has 2 amide bonds. The van der Waals surface area contributed by atoms with Crippen molar-refractivity contribution in [2.45, 2.75) is 18.2 Å². The van der Waals surface area contributed by atoms with E-state index < -0.39 is 33.1 Å². The van der Waals surface area contributed by atoms with Crippen LogP contribution in [-0.2, 0) is 21.2 Å². The number of nitrogens with one attached hydrogen (secondary N) is 3. The Morgan fingerprint density at radius 2 is 1.74 bits per heavy atom. The van der Waals surface area contributed by atoms with Crippen molar-refractivity contribution in [3.63, 3.8) is 0 Å². The maximum absolute atomic E-state index is 15.0. The zero-order valence-corrected chi connectivity index (χ0v) is 28.7. The number of ether oxygens (including phenoxy) is 1. The Balaban J connectivity index is 1.51. The number of anilines is 5.